The van der Waals surface area contributed by atoms with E-state index in [4.69, 9.17) is 4.74 Å². The third-order valence-electron chi connectivity index (χ3n) is 4.44. The molecule has 0 bridgehead atoms. The van der Waals surface area contributed by atoms with Crippen molar-refractivity contribution in [1.29, 1.82) is 0 Å². The Kier molecular flexibility index (Phi) is 8.20. The summed E-state index contributed by atoms with van der Waals surface area (Å²) in [6.07, 6.45) is 0.586. The number of likely N-dealkylation sites (tertiary alicyclic amines) is 1. The van der Waals surface area contributed by atoms with E-state index in [0.717, 1.165) is 0 Å². The summed E-state index contributed by atoms with van der Waals surface area (Å²) < 4.78 is 5.11. The van der Waals surface area contributed by atoms with Crippen molar-refractivity contribution >= 4 is 23.8 Å². The lowest BCUT2D eigenvalue weighted by Crippen LogP contribution is -2.50. The number of hydrogen-bond donors (Lipinski definition) is 3. The summed E-state index contributed by atoms with van der Waals surface area (Å²) >= 11 is 0. The minimum absolute atomic E-state index is 0.0611. The van der Waals surface area contributed by atoms with Crippen LogP contribution in [0.15, 0.2) is 30.3 Å². The molecular weight excluding hydrogens is 388 g/mol. The van der Waals surface area contributed by atoms with E-state index < -0.39 is 11.7 Å². The molecule has 0 unspecified atom stereocenters. The summed E-state index contributed by atoms with van der Waals surface area (Å²) in [6.45, 7) is 5.98. The molecule has 1 saturated heterocycles. The Hall–Kier alpha value is -3.10. The fraction of sp³-hybridized carbons (Fsp3) is 0.524. The van der Waals surface area contributed by atoms with Crippen LogP contribution >= 0.6 is 0 Å². The third-order valence-corrected chi connectivity index (χ3v) is 4.44. The lowest BCUT2D eigenvalue weighted by atomic mass is 10.0. The summed E-state index contributed by atoms with van der Waals surface area (Å²) in [5.74, 6) is -0.764. The van der Waals surface area contributed by atoms with Gasteiger partial charge in [-0.2, -0.15) is 0 Å². The molecule has 9 nitrogen and oxygen atoms in total. The SMILES string of the molecule is CC(C)(C)OC(=O)NCC(=O)N1CCC(NC(=O)CNC(=O)c2ccccc2)CC1. The molecule has 3 N–H and O–H groups in total. The van der Waals surface area contributed by atoms with Crippen LogP contribution in [0.1, 0.15) is 44.0 Å². The van der Waals surface area contributed by atoms with E-state index in [1.165, 1.54) is 0 Å². The molecule has 0 aliphatic carbocycles. The highest BCUT2D eigenvalue weighted by Gasteiger charge is 2.25. The number of benzene rings is 1. The Morgan fingerprint density at radius 1 is 1.00 bits per heavy atom. The summed E-state index contributed by atoms with van der Waals surface area (Å²) in [6, 6.07) is 8.62. The maximum absolute atomic E-state index is 12.2. The fourth-order valence-corrected chi connectivity index (χ4v) is 2.98. The number of nitrogens with zero attached hydrogens (tertiary/aromatic N) is 1. The Morgan fingerprint density at radius 3 is 2.23 bits per heavy atom. The lowest BCUT2D eigenvalue weighted by molar-refractivity contribution is -0.131. The van der Waals surface area contributed by atoms with Gasteiger partial charge in [-0.3, -0.25) is 14.4 Å². The van der Waals surface area contributed by atoms with E-state index in [2.05, 4.69) is 16.0 Å². The monoisotopic (exact) mass is 418 g/mol. The van der Waals surface area contributed by atoms with Gasteiger partial charge in [0.05, 0.1) is 6.54 Å². The largest absolute Gasteiger partial charge is 0.444 e. The molecule has 1 heterocycles. The molecule has 1 aliphatic rings. The van der Waals surface area contributed by atoms with Gasteiger partial charge in [0.15, 0.2) is 0 Å². The molecule has 0 spiro atoms. The average molecular weight is 418 g/mol. The van der Waals surface area contributed by atoms with E-state index in [-0.39, 0.29) is 36.9 Å². The van der Waals surface area contributed by atoms with E-state index in [9.17, 15) is 19.2 Å². The van der Waals surface area contributed by atoms with Crippen LogP contribution in [0.3, 0.4) is 0 Å². The van der Waals surface area contributed by atoms with Gasteiger partial charge in [-0.25, -0.2) is 4.79 Å². The predicted molar refractivity (Wildman–Crippen MR) is 111 cm³/mol. The van der Waals surface area contributed by atoms with Crippen LogP contribution in [0.2, 0.25) is 0 Å². The smallest absolute Gasteiger partial charge is 0.408 e. The number of rotatable bonds is 6. The molecule has 0 aromatic heterocycles. The second kappa shape index (κ2) is 10.6. The van der Waals surface area contributed by atoms with Crippen molar-refractivity contribution in [3.8, 4) is 0 Å². The molecule has 1 aromatic carbocycles. The van der Waals surface area contributed by atoms with Crippen molar-refractivity contribution < 1.29 is 23.9 Å². The third kappa shape index (κ3) is 8.10. The molecule has 164 valence electrons. The van der Waals surface area contributed by atoms with Gasteiger partial charge in [-0.05, 0) is 45.7 Å². The second-order valence-corrected chi connectivity index (χ2v) is 8.13. The first-order chi connectivity index (χ1) is 14.1. The van der Waals surface area contributed by atoms with Gasteiger partial charge < -0.3 is 25.6 Å². The molecule has 30 heavy (non-hydrogen) atoms. The first kappa shape index (κ1) is 23.2. The van der Waals surface area contributed by atoms with Gasteiger partial charge >= 0.3 is 6.09 Å². The summed E-state index contributed by atoms with van der Waals surface area (Å²) in [7, 11) is 0. The average Bonchev–Trinajstić information content (AvgIpc) is 2.70. The maximum atomic E-state index is 12.2. The quantitative estimate of drug-likeness (QED) is 0.638. The maximum Gasteiger partial charge on any atom is 0.408 e. The van der Waals surface area contributed by atoms with Crippen LogP contribution in [0.5, 0.6) is 0 Å². The molecular formula is C21H30N4O5. The first-order valence-corrected chi connectivity index (χ1v) is 10.0. The van der Waals surface area contributed by atoms with Crippen LogP contribution < -0.4 is 16.0 Å². The van der Waals surface area contributed by atoms with E-state index in [1.807, 2.05) is 6.07 Å². The minimum atomic E-state index is -0.629. The number of piperidine rings is 1. The molecule has 2 rings (SSSR count). The normalized spacial score (nSPS) is 14.6. The molecule has 0 atom stereocenters. The van der Waals surface area contributed by atoms with Gasteiger partial charge in [0.1, 0.15) is 12.1 Å². The van der Waals surface area contributed by atoms with Crippen molar-refractivity contribution in [2.45, 2.75) is 45.3 Å². The van der Waals surface area contributed by atoms with E-state index in [0.29, 0.717) is 31.5 Å². The fourth-order valence-electron chi connectivity index (χ4n) is 2.98. The van der Waals surface area contributed by atoms with Crippen molar-refractivity contribution in [2.24, 2.45) is 0 Å². The Labute approximate surface area is 176 Å². The summed E-state index contributed by atoms with van der Waals surface area (Å²) in [4.78, 5) is 49.6. The highest BCUT2D eigenvalue weighted by atomic mass is 16.6. The number of carbonyl (C=O) groups is 4. The van der Waals surface area contributed by atoms with Crippen LogP contribution in [0.25, 0.3) is 0 Å². The van der Waals surface area contributed by atoms with Gasteiger partial charge in [0.25, 0.3) is 5.91 Å². The molecule has 0 saturated carbocycles. The zero-order valence-corrected chi connectivity index (χ0v) is 17.7. The Morgan fingerprint density at radius 2 is 1.63 bits per heavy atom. The van der Waals surface area contributed by atoms with Gasteiger partial charge in [0, 0.05) is 24.7 Å². The standard InChI is InChI=1S/C21H30N4O5/c1-21(2,3)30-20(29)23-14-18(27)25-11-9-16(10-12-25)24-17(26)13-22-19(28)15-7-5-4-6-8-15/h4-8,16H,9-14H2,1-3H3,(H,22,28)(H,23,29)(H,24,26). The Bertz CT molecular complexity index is 752. The molecule has 1 aliphatic heterocycles. The van der Waals surface area contributed by atoms with Crippen LogP contribution in [-0.2, 0) is 14.3 Å². The van der Waals surface area contributed by atoms with E-state index in [1.54, 1.807) is 49.9 Å². The van der Waals surface area contributed by atoms with Gasteiger partial charge in [-0.15, -0.1) is 0 Å². The molecule has 9 heteroatoms. The molecule has 4 amide bonds. The van der Waals surface area contributed by atoms with Gasteiger partial charge in [-0.1, -0.05) is 18.2 Å². The zero-order valence-electron chi connectivity index (χ0n) is 17.7. The predicted octanol–water partition coefficient (Wildman–Crippen LogP) is 1.05. The van der Waals surface area contributed by atoms with Crippen molar-refractivity contribution in [3.63, 3.8) is 0 Å². The lowest BCUT2D eigenvalue weighted by Gasteiger charge is -2.32. The number of hydrogen-bond acceptors (Lipinski definition) is 5. The molecule has 1 fully saturated rings. The highest BCUT2D eigenvalue weighted by Crippen LogP contribution is 2.11. The minimum Gasteiger partial charge on any atom is -0.444 e. The van der Waals surface area contributed by atoms with Crippen LogP contribution in [-0.4, -0.2) is 66.5 Å². The first-order valence-electron chi connectivity index (χ1n) is 10.0. The van der Waals surface area contributed by atoms with Crippen molar-refractivity contribution in [2.75, 3.05) is 26.2 Å². The second-order valence-electron chi connectivity index (χ2n) is 8.13. The van der Waals surface area contributed by atoms with Gasteiger partial charge in [0.2, 0.25) is 11.8 Å². The number of ether oxygens (including phenoxy) is 1. The molecule has 1 aromatic rings. The Balaban J connectivity index is 1.65. The van der Waals surface area contributed by atoms with Crippen LogP contribution in [0, 0.1) is 0 Å². The van der Waals surface area contributed by atoms with Crippen molar-refractivity contribution in [1.82, 2.24) is 20.9 Å². The van der Waals surface area contributed by atoms with Crippen molar-refractivity contribution in [3.05, 3.63) is 35.9 Å². The number of amides is 4. The van der Waals surface area contributed by atoms with E-state index >= 15 is 0 Å². The highest BCUT2D eigenvalue weighted by molar-refractivity contribution is 5.96. The van der Waals surface area contributed by atoms with Crippen LogP contribution in [0.4, 0.5) is 4.79 Å². The number of nitrogens with one attached hydrogen (secondary N) is 3. The number of carbonyl (C=O) groups excluding carboxylic acids is 4. The number of alkyl carbamates (subject to hydrolysis) is 1. The molecule has 0 radical (unpaired) electrons. The summed E-state index contributed by atoms with van der Waals surface area (Å²) in [5.41, 5.74) is -0.123. The zero-order chi connectivity index (χ0) is 22.1. The summed E-state index contributed by atoms with van der Waals surface area (Å²) in [5, 5.41) is 7.93. The topological polar surface area (TPSA) is 117 Å².